The number of nitrogens with zero attached hydrogens (tertiary/aromatic N) is 2. The molecule has 0 aliphatic heterocycles. The smallest absolute Gasteiger partial charge is 0.259 e. The van der Waals surface area contributed by atoms with E-state index in [2.05, 4.69) is 20.9 Å². The Morgan fingerprint density at radius 2 is 1.76 bits per heavy atom. The first-order chi connectivity index (χ1) is 18.4. The summed E-state index contributed by atoms with van der Waals surface area (Å²) in [6, 6.07) is 18.9. The largest absolute Gasteiger partial charge is 0.505 e. The Morgan fingerprint density at radius 3 is 2.47 bits per heavy atom. The highest BCUT2D eigenvalue weighted by Crippen LogP contribution is 2.41. The first-order valence-corrected chi connectivity index (χ1v) is 12.0. The number of phenolic OH excluding ortho intramolecular Hbond substituents is 1. The molecular weight excluding hydrogens is 484 g/mol. The number of ether oxygens (including phenoxy) is 2. The lowest BCUT2D eigenvalue weighted by Crippen LogP contribution is -2.17. The van der Waals surface area contributed by atoms with Gasteiger partial charge >= 0.3 is 0 Å². The van der Waals surface area contributed by atoms with Gasteiger partial charge < -0.3 is 25.2 Å². The van der Waals surface area contributed by atoms with Crippen molar-refractivity contribution in [2.24, 2.45) is 10.2 Å². The Labute approximate surface area is 220 Å². The third kappa shape index (κ3) is 5.41. The van der Waals surface area contributed by atoms with Crippen LogP contribution in [0.1, 0.15) is 33.2 Å². The number of nitrogens with one attached hydrogen (secondary N) is 2. The van der Waals surface area contributed by atoms with E-state index in [-0.39, 0.29) is 22.9 Å². The van der Waals surface area contributed by atoms with Crippen LogP contribution < -0.4 is 20.1 Å². The van der Waals surface area contributed by atoms with E-state index in [1.54, 1.807) is 61.7 Å². The molecule has 0 saturated heterocycles. The molecule has 4 aromatic rings. The molecule has 0 unspecified atom stereocenters. The Morgan fingerprint density at radius 1 is 0.974 bits per heavy atom. The molecule has 4 aromatic carbocycles. The maximum atomic E-state index is 13.3. The number of carbonyl (C=O) groups excluding carboxylic acids is 2. The molecular formula is C29H28N4O5. The van der Waals surface area contributed by atoms with Crippen LogP contribution in [0.25, 0.3) is 10.8 Å². The van der Waals surface area contributed by atoms with Gasteiger partial charge in [0, 0.05) is 23.7 Å². The van der Waals surface area contributed by atoms with Crippen LogP contribution in [0, 0.1) is 6.92 Å². The van der Waals surface area contributed by atoms with E-state index in [9.17, 15) is 14.7 Å². The van der Waals surface area contributed by atoms with Crippen molar-refractivity contribution in [3.8, 4) is 17.2 Å². The fourth-order valence-electron chi connectivity index (χ4n) is 3.95. The highest BCUT2D eigenvalue weighted by Gasteiger charge is 2.19. The standard InChI is InChI=1S/C29H28N4O5/c1-5-38-25-13-10-19(28(35)30-3)16-24(25)32-33-26-21-9-7-6-8-18(21)15-22(27(26)34)29(36)31-23-12-11-20(37-4)14-17(23)2/h6-16,34H,5H2,1-4H3,(H,30,35)(H,31,36)/b33-32+. The zero-order chi connectivity index (χ0) is 27.2. The maximum absolute atomic E-state index is 13.3. The minimum Gasteiger partial charge on any atom is -0.505 e. The highest BCUT2D eigenvalue weighted by molar-refractivity contribution is 6.12. The number of benzene rings is 4. The fraction of sp³-hybridized carbons (Fsp3) is 0.172. The second-order valence-electron chi connectivity index (χ2n) is 8.37. The molecule has 9 heteroatoms. The summed E-state index contributed by atoms with van der Waals surface area (Å²) in [5.74, 6) is -0.0170. The van der Waals surface area contributed by atoms with E-state index >= 15 is 0 Å². The van der Waals surface area contributed by atoms with Gasteiger partial charge in [-0.2, -0.15) is 0 Å². The van der Waals surface area contributed by atoms with Crippen molar-refractivity contribution in [3.05, 3.63) is 83.4 Å². The SMILES string of the molecule is CCOc1ccc(C(=O)NC)cc1/N=N/c1c(O)c(C(=O)Nc2ccc(OC)cc2C)cc2ccccc12. The molecule has 0 heterocycles. The van der Waals surface area contributed by atoms with Crippen molar-refractivity contribution in [2.45, 2.75) is 13.8 Å². The summed E-state index contributed by atoms with van der Waals surface area (Å²) in [6.45, 7) is 4.07. The Bertz CT molecular complexity index is 1550. The summed E-state index contributed by atoms with van der Waals surface area (Å²) >= 11 is 0. The van der Waals surface area contributed by atoms with Gasteiger partial charge in [-0.3, -0.25) is 9.59 Å². The number of amides is 2. The van der Waals surface area contributed by atoms with Crippen molar-refractivity contribution in [3.63, 3.8) is 0 Å². The predicted molar refractivity (Wildman–Crippen MR) is 146 cm³/mol. The van der Waals surface area contributed by atoms with E-state index < -0.39 is 5.91 Å². The molecule has 0 spiro atoms. The molecule has 3 N–H and O–H groups in total. The lowest BCUT2D eigenvalue weighted by atomic mass is 10.0. The maximum Gasteiger partial charge on any atom is 0.259 e. The van der Waals surface area contributed by atoms with Gasteiger partial charge in [0.05, 0.1) is 19.3 Å². The van der Waals surface area contributed by atoms with Crippen LogP contribution in [0.3, 0.4) is 0 Å². The van der Waals surface area contributed by atoms with Gasteiger partial charge in [-0.25, -0.2) is 0 Å². The summed E-state index contributed by atoms with van der Waals surface area (Å²) in [4.78, 5) is 25.4. The number of aromatic hydroxyl groups is 1. The minimum absolute atomic E-state index is 0.0389. The third-order valence-corrected chi connectivity index (χ3v) is 5.93. The summed E-state index contributed by atoms with van der Waals surface area (Å²) in [5, 5.41) is 26.6. The number of aryl methyl sites for hydroxylation is 1. The third-order valence-electron chi connectivity index (χ3n) is 5.93. The molecule has 38 heavy (non-hydrogen) atoms. The number of carbonyl (C=O) groups is 2. The van der Waals surface area contributed by atoms with Gasteiger partial charge in [-0.1, -0.05) is 24.3 Å². The van der Waals surface area contributed by atoms with Crippen LogP contribution in [-0.4, -0.2) is 37.7 Å². The molecule has 0 radical (unpaired) electrons. The van der Waals surface area contributed by atoms with Gasteiger partial charge in [-0.15, -0.1) is 10.2 Å². The Balaban J connectivity index is 1.78. The topological polar surface area (TPSA) is 122 Å². The number of anilines is 1. The first kappa shape index (κ1) is 26.2. The molecule has 0 atom stereocenters. The van der Waals surface area contributed by atoms with E-state index in [1.807, 2.05) is 26.0 Å². The van der Waals surface area contributed by atoms with Crippen LogP contribution in [-0.2, 0) is 0 Å². The predicted octanol–water partition coefficient (Wildman–Crippen LogP) is 6.29. The summed E-state index contributed by atoms with van der Waals surface area (Å²) in [7, 11) is 3.11. The highest BCUT2D eigenvalue weighted by atomic mass is 16.5. The van der Waals surface area contributed by atoms with Gasteiger partial charge in [0.25, 0.3) is 11.8 Å². The van der Waals surface area contributed by atoms with Crippen LogP contribution in [0.2, 0.25) is 0 Å². The van der Waals surface area contributed by atoms with Crippen LogP contribution in [0.5, 0.6) is 17.2 Å². The number of hydrogen-bond acceptors (Lipinski definition) is 7. The average molecular weight is 513 g/mol. The second kappa shape index (κ2) is 11.4. The normalized spacial score (nSPS) is 10.9. The molecule has 0 aromatic heterocycles. The lowest BCUT2D eigenvalue weighted by molar-refractivity contribution is 0.0962. The zero-order valence-corrected chi connectivity index (χ0v) is 21.5. The zero-order valence-electron chi connectivity index (χ0n) is 21.5. The van der Waals surface area contributed by atoms with Gasteiger partial charge in [-0.05, 0) is 67.3 Å². The van der Waals surface area contributed by atoms with Gasteiger partial charge in [0.15, 0.2) is 5.75 Å². The minimum atomic E-state index is -0.505. The molecule has 0 aliphatic rings. The number of rotatable bonds is 8. The van der Waals surface area contributed by atoms with E-state index in [0.717, 1.165) is 5.56 Å². The fourth-order valence-corrected chi connectivity index (χ4v) is 3.95. The summed E-state index contributed by atoms with van der Waals surface area (Å²) in [6.07, 6.45) is 0. The molecule has 0 bridgehead atoms. The molecule has 0 fully saturated rings. The Hall–Kier alpha value is -4.92. The van der Waals surface area contributed by atoms with Crippen molar-refractivity contribution < 1.29 is 24.2 Å². The van der Waals surface area contributed by atoms with Crippen LogP contribution in [0.4, 0.5) is 17.1 Å². The Kier molecular flexibility index (Phi) is 7.86. The molecule has 0 saturated carbocycles. The lowest BCUT2D eigenvalue weighted by Gasteiger charge is -2.13. The molecule has 4 rings (SSSR count). The molecule has 0 aliphatic carbocycles. The summed E-state index contributed by atoms with van der Waals surface area (Å²) < 4.78 is 10.9. The molecule has 194 valence electrons. The number of methoxy groups -OCH3 is 1. The number of azo groups is 1. The number of hydrogen-bond donors (Lipinski definition) is 3. The molecule has 2 amide bonds. The second-order valence-corrected chi connectivity index (χ2v) is 8.37. The number of fused-ring (bicyclic) bond motifs is 1. The van der Waals surface area contributed by atoms with Crippen LogP contribution >= 0.6 is 0 Å². The van der Waals surface area contributed by atoms with Gasteiger partial charge in [0.2, 0.25) is 0 Å². The van der Waals surface area contributed by atoms with E-state index in [0.29, 0.717) is 45.8 Å². The monoisotopic (exact) mass is 512 g/mol. The quantitative estimate of drug-likeness (QED) is 0.240. The van der Waals surface area contributed by atoms with Crippen LogP contribution in [0.15, 0.2) is 77.0 Å². The van der Waals surface area contributed by atoms with E-state index in [1.165, 1.54) is 7.05 Å². The van der Waals surface area contributed by atoms with Crippen molar-refractivity contribution in [2.75, 3.05) is 26.1 Å². The average Bonchev–Trinajstić information content (AvgIpc) is 2.93. The van der Waals surface area contributed by atoms with E-state index in [4.69, 9.17) is 9.47 Å². The number of phenols is 1. The molecule has 9 nitrogen and oxygen atoms in total. The van der Waals surface area contributed by atoms with Crippen molar-refractivity contribution >= 4 is 39.6 Å². The van der Waals surface area contributed by atoms with Gasteiger partial charge in [0.1, 0.15) is 22.9 Å². The van der Waals surface area contributed by atoms with Crippen molar-refractivity contribution in [1.29, 1.82) is 0 Å². The van der Waals surface area contributed by atoms with Crippen molar-refractivity contribution in [1.82, 2.24) is 5.32 Å². The summed E-state index contributed by atoms with van der Waals surface area (Å²) in [5.41, 5.74) is 2.22. The first-order valence-electron chi connectivity index (χ1n) is 12.0.